The van der Waals surface area contributed by atoms with Gasteiger partial charge in [0.25, 0.3) is 0 Å². The Kier molecular flexibility index (Phi) is 8.84. The zero-order chi connectivity index (χ0) is 25.7. The first-order valence-corrected chi connectivity index (χ1v) is 13.1. The average molecular weight is 499 g/mol. The van der Waals surface area contributed by atoms with Crippen molar-refractivity contribution >= 4 is 0 Å². The lowest BCUT2D eigenvalue weighted by atomic mass is 9.88. The molecular formula is C31H34F4O. The Labute approximate surface area is 211 Å². The van der Waals surface area contributed by atoms with Crippen molar-refractivity contribution in [3.8, 4) is 11.1 Å². The van der Waals surface area contributed by atoms with Crippen LogP contribution < -0.4 is 0 Å². The van der Waals surface area contributed by atoms with Crippen LogP contribution in [-0.4, -0.2) is 12.7 Å². The van der Waals surface area contributed by atoms with Gasteiger partial charge in [-0.15, -0.1) is 0 Å². The largest absolute Gasteiger partial charge is 0.378 e. The lowest BCUT2D eigenvalue weighted by Gasteiger charge is -2.29. The molecule has 0 radical (unpaired) electrons. The van der Waals surface area contributed by atoms with Crippen LogP contribution >= 0.6 is 0 Å². The molecule has 0 N–H and O–H groups in total. The molecule has 4 rings (SSSR count). The minimum absolute atomic E-state index is 0.162. The molecular weight excluding hydrogens is 464 g/mol. The van der Waals surface area contributed by atoms with E-state index in [4.69, 9.17) is 4.74 Å². The first-order valence-electron chi connectivity index (χ1n) is 13.1. The smallest absolute Gasteiger partial charge is 0.167 e. The van der Waals surface area contributed by atoms with Crippen molar-refractivity contribution in [1.82, 2.24) is 0 Å². The molecule has 1 nitrogen and oxygen atoms in total. The Morgan fingerprint density at radius 3 is 1.92 bits per heavy atom. The van der Waals surface area contributed by atoms with E-state index in [1.807, 2.05) is 12.1 Å². The fraction of sp³-hybridized carbons (Fsp3) is 0.419. The maximum absolute atomic E-state index is 15.1. The van der Waals surface area contributed by atoms with Gasteiger partial charge >= 0.3 is 0 Å². The molecule has 0 bridgehead atoms. The molecule has 0 aliphatic carbocycles. The predicted octanol–water partition coefficient (Wildman–Crippen LogP) is 8.71. The van der Waals surface area contributed by atoms with E-state index in [0.717, 1.165) is 37.7 Å². The Morgan fingerprint density at radius 1 is 0.667 bits per heavy atom. The van der Waals surface area contributed by atoms with Gasteiger partial charge in [0.05, 0.1) is 12.7 Å². The van der Waals surface area contributed by atoms with E-state index in [1.54, 1.807) is 0 Å². The van der Waals surface area contributed by atoms with Crippen molar-refractivity contribution in [3.05, 3.63) is 94.1 Å². The normalized spacial score (nSPS) is 17.9. The second-order valence-electron chi connectivity index (χ2n) is 9.82. The molecule has 1 fully saturated rings. The number of benzene rings is 3. The van der Waals surface area contributed by atoms with Gasteiger partial charge in [-0.25, -0.2) is 17.6 Å². The number of halogens is 4. The quantitative estimate of drug-likeness (QED) is 0.268. The summed E-state index contributed by atoms with van der Waals surface area (Å²) in [5, 5.41) is 0. The molecule has 0 amide bonds. The highest BCUT2D eigenvalue weighted by Gasteiger charge is 2.27. The van der Waals surface area contributed by atoms with Gasteiger partial charge in [-0.1, -0.05) is 75.2 Å². The van der Waals surface area contributed by atoms with Crippen LogP contribution in [0, 0.1) is 23.3 Å². The Balaban J connectivity index is 1.49. The molecule has 0 spiro atoms. The SMILES string of the molecule is CCCc1ccc(CCc2ccc(-c3ccc(C4CCC(CCC)OC4)c(F)c3F)c(F)c2F)cc1. The molecule has 1 saturated heterocycles. The Bertz CT molecular complexity index is 1160. The summed E-state index contributed by atoms with van der Waals surface area (Å²) in [6, 6.07) is 13.8. The van der Waals surface area contributed by atoms with E-state index in [9.17, 15) is 4.39 Å². The van der Waals surface area contributed by atoms with Crippen LogP contribution in [0.5, 0.6) is 0 Å². The number of rotatable bonds is 9. The minimum Gasteiger partial charge on any atom is -0.378 e. The maximum Gasteiger partial charge on any atom is 0.167 e. The van der Waals surface area contributed by atoms with Crippen molar-refractivity contribution in [3.63, 3.8) is 0 Å². The summed E-state index contributed by atoms with van der Waals surface area (Å²) >= 11 is 0. The molecule has 0 saturated carbocycles. The molecule has 3 aromatic carbocycles. The van der Waals surface area contributed by atoms with Crippen LogP contribution in [0.4, 0.5) is 17.6 Å². The molecule has 3 aromatic rings. The van der Waals surface area contributed by atoms with Crippen LogP contribution in [0.15, 0.2) is 48.5 Å². The molecule has 5 heteroatoms. The second kappa shape index (κ2) is 12.1. The van der Waals surface area contributed by atoms with Crippen LogP contribution in [0.2, 0.25) is 0 Å². The summed E-state index contributed by atoms with van der Waals surface area (Å²) in [5.41, 5.74) is 2.19. The molecule has 1 aliphatic heterocycles. The first kappa shape index (κ1) is 26.4. The van der Waals surface area contributed by atoms with E-state index in [0.29, 0.717) is 25.9 Å². The lowest BCUT2D eigenvalue weighted by Crippen LogP contribution is -2.25. The van der Waals surface area contributed by atoms with Crippen LogP contribution in [0.25, 0.3) is 11.1 Å². The molecule has 2 atom stereocenters. The van der Waals surface area contributed by atoms with E-state index >= 15 is 13.2 Å². The van der Waals surface area contributed by atoms with Crippen molar-refractivity contribution in [2.24, 2.45) is 0 Å². The molecule has 0 aromatic heterocycles. The molecule has 36 heavy (non-hydrogen) atoms. The molecule has 1 aliphatic rings. The van der Waals surface area contributed by atoms with Gasteiger partial charge in [0, 0.05) is 17.0 Å². The topological polar surface area (TPSA) is 9.23 Å². The summed E-state index contributed by atoms with van der Waals surface area (Å²) in [6.07, 6.45) is 6.58. The van der Waals surface area contributed by atoms with Crippen molar-refractivity contribution in [1.29, 1.82) is 0 Å². The summed E-state index contributed by atoms with van der Waals surface area (Å²) in [4.78, 5) is 0. The highest BCUT2D eigenvalue weighted by molar-refractivity contribution is 5.66. The van der Waals surface area contributed by atoms with Gasteiger partial charge in [-0.05, 0) is 60.8 Å². The number of hydrogen-bond acceptors (Lipinski definition) is 1. The van der Waals surface area contributed by atoms with Crippen molar-refractivity contribution < 1.29 is 22.3 Å². The third-order valence-corrected chi connectivity index (χ3v) is 7.23. The summed E-state index contributed by atoms with van der Waals surface area (Å²) in [5.74, 6) is -4.57. The number of hydrogen-bond donors (Lipinski definition) is 0. The predicted molar refractivity (Wildman–Crippen MR) is 136 cm³/mol. The average Bonchev–Trinajstić information content (AvgIpc) is 2.89. The number of ether oxygens (including phenoxy) is 1. The van der Waals surface area contributed by atoms with Gasteiger partial charge in [-0.3, -0.25) is 0 Å². The Morgan fingerprint density at radius 2 is 1.31 bits per heavy atom. The van der Waals surface area contributed by atoms with Gasteiger partial charge in [0.15, 0.2) is 23.3 Å². The zero-order valence-corrected chi connectivity index (χ0v) is 21.1. The second-order valence-corrected chi connectivity index (χ2v) is 9.82. The van der Waals surface area contributed by atoms with E-state index < -0.39 is 23.3 Å². The van der Waals surface area contributed by atoms with E-state index in [-0.39, 0.29) is 34.3 Å². The number of aryl methyl sites for hydroxylation is 3. The van der Waals surface area contributed by atoms with Crippen LogP contribution in [-0.2, 0) is 24.0 Å². The van der Waals surface area contributed by atoms with Gasteiger partial charge in [0.1, 0.15) is 0 Å². The van der Waals surface area contributed by atoms with Crippen LogP contribution in [0.3, 0.4) is 0 Å². The molecule has 2 unspecified atom stereocenters. The van der Waals surface area contributed by atoms with E-state index in [1.165, 1.54) is 29.8 Å². The maximum atomic E-state index is 15.1. The monoisotopic (exact) mass is 498 g/mol. The summed E-state index contributed by atoms with van der Waals surface area (Å²) < 4.78 is 65.8. The third kappa shape index (κ3) is 5.83. The molecule has 192 valence electrons. The third-order valence-electron chi connectivity index (χ3n) is 7.23. The standard InChI is InChI=1S/C31H34F4O/c1-3-5-20-7-9-21(10-8-20)11-12-22-14-16-26(30(34)28(22)32)27-18-17-25(29(33)31(27)35)23-13-15-24(6-4-2)36-19-23/h7-10,14,16-18,23-24H,3-6,11-13,15,19H2,1-2H3. The fourth-order valence-corrected chi connectivity index (χ4v) is 5.12. The lowest BCUT2D eigenvalue weighted by molar-refractivity contribution is -0.00181. The fourth-order valence-electron chi connectivity index (χ4n) is 5.12. The van der Waals surface area contributed by atoms with Gasteiger partial charge in [-0.2, -0.15) is 0 Å². The summed E-state index contributed by atoms with van der Waals surface area (Å²) in [6.45, 7) is 4.54. The molecule has 1 heterocycles. The summed E-state index contributed by atoms with van der Waals surface area (Å²) in [7, 11) is 0. The van der Waals surface area contributed by atoms with Crippen molar-refractivity contribution in [2.75, 3.05) is 6.61 Å². The van der Waals surface area contributed by atoms with E-state index in [2.05, 4.69) is 26.0 Å². The van der Waals surface area contributed by atoms with Crippen molar-refractivity contribution in [2.45, 2.75) is 77.2 Å². The Hall–Kier alpha value is -2.66. The van der Waals surface area contributed by atoms with Crippen LogP contribution in [0.1, 0.15) is 74.1 Å². The first-order chi connectivity index (χ1) is 17.4. The van der Waals surface area contributed by atoms with Gasteiger partial charge in [0.2, 0.25) is 0 Å². The minimum atomic E-state index is -1.15. The zero-order valence-electron chi connectivity index (χ0n) is 21.1. The highest BCUT2D eigenvalue weighted by Crippen LogP contribution is 2.36. The van der Waals surface area contributed by atoms with Gasteiger partial charge < -0.3 is 4.74 Å². The highest BCUT2D eigenvalue weighted by atomic mass is 19.2.